The topological polar surface area (TPSA) is 83.4 Å². The Labute approximate surface area is 168 Å². The van der Waals surface area contributed by atoms with Gasteiger partial charge in [-0.3, -0.25) is 0 Å². The van der Waals surface area contributed by atoms with Gasteiger partial charge in [0, 0.05) is 5.56 Å². The molecule has 0 amide bonds. The summed E-state index contributed by atoms with van der Waals surface area (Å²) in [7, 11) is 0. The Hall–Kier alpha value is -3.61. The lowest BCUT2D eigenvalue weighted by atomic mass is 10.1. The van der Waals surface area contributed by atoms with Crippen molar-refractivity contribution >= 4 is 23.9 Å². The molecule has 7 nitrogen and oxygen atoms in total. The van der Waals surface area contributed by atoms with Crippen molar-refractivity contribution in [3.8, 4) is 11.5 Å². The summed E-state index contributed by atoms with van der Waals surface area (Å²) >= 11 is 0. The van der Waals surface area contributed by atoms with Gasteiger partial charge in [-0.15, -0.1) is 0 Å². The first-order chi connectivity index (χ1) is 14.1. The second-order valence-electron chi connectivity index (χ2n) is 5.93. The van der Waals surface area contributed by atoms with Crippen LogP contribution in [0.3, 0.4) is 0 Å². The van der Waals surface area contributed by atoms with Gasteiger partial charge in [-0.2, -0.15) is 0 Å². The summed E-state index contributed by atoms with van der Waals surface area (Å²) in [4.78, 5) is 28.0. The molecule has 2 aromatic rings. The highest BCUT2D eigenvalue weighted by Gasteiger charge is 2.24. The number of cyclic esters (lactones) is 1. The molecule has 0 aromatic heterocycles. The zero-order valence-corrected chi connectivity index (χ0v) is 16.2. The summed E-state index contributed by atoms with van der Waals surface area (Å²) in [6.07, 6.45) is 1.61. The number of ether oxygens (including phenoxy) is 4. The minimum Gasteiger partial charge on any atom is -0.490 e. The van der Waals surface area contributed by atoms with Crippen molar-refractivity contribution in [1.82, 2.24) is 0 Å². The van der Waals surface area contributed by atoms with E-state index in [-0.39, 0.29) is 24.8 Å². The van der Waals surface area contributed by atoms with Gasteiger partial charge < -0.3 is 18.9 Å². The fraction of sp³-hybridized carbons (Fsp3) is 0.227. The van der Waals surface area contributed by atoms with E-state index in [0.29, 0.717) is 23.7 Å². The van der Waals surface area contributed by atoms with Gasteiger partial charge in [-0.05, 0) is 49.8 Å². The van der Waals surface area contributed by atoms with Crippen LogP contribution in [0.5, 0.6) is 11.5 Å². The number of hydrogen-bond acceptors (Lipinski definition) is 7. The molecule has 0 radical (unpaired) electrons. The van der Waals surface area contributed by atoms with Crippen molar-refractivity contribution in [3.63, 3.8) is 0 Å². The first kappa shape index (κ1) is 20.1. The molecule has 0 saturated carbocycles. The van der Waals surface area contributed by atoms with Crippen LogP contribution in [0.1, 0.15) is 25.0 Å². The lowest BCUT2D eigenvalue weighted by Gasteiger charge is -2.12. The first-order valence-electron chi connectivity index (χ1n) is 9.24. The maximum Gasteiger partial charge on any atom is 0.363 e. The molecule has 0 N–H and O–H groups in total. The van der Waals surface area contributed by atoms with Crippen molar-refractivity contribution < 1.29 is 28.5 Å². The lowest BCUT2D eigenvalue weighted by molar-refractivity contribution is -0.145. The Morgan fingerprint density at radius 1 is 1.03 bits per heavy atom. The second kappa shape index (κ2) is 9.54. The van der Waals surface area contributed by atoms with Crippen LogP contribution in [0.4, 0.5) is 0 Å². The fourth-order valence-electron chi connectivity index (χ4n) is 2.61. The number of aliphatic imine (C=N–C) groups is 1. The van der Waals surface area contributed by atoms with Crippen LogP contribution in [0.2, 0.25) is 0 Å². The number of benzene rings is 2. The van der Waals surface area contributed by atoms with Crippen LogP contribution in [0, 0.1) is 0 Å². The van der Waals surface area contributed by atoms with Gasteiger partial charge in [0.1, 0.15) is 0 Å². The third kappa shape index (κ3) is 5.22. The Balaban J connectivity index is 1.81. The van der Waals surface area contributed by atoms with Crippen molar-refractivity contribution in [2.45, 2.75) is 13.8 Å². The standard InChI is InChI=1S/C22H21NO6/c1-3-26-19-13-15(10-11-18(19)28-14-20(24)27-4-2)12-17-22(25)29-21(23-17)16-8-6-5-7-9-16/h5-13H,3-4,14H2,1-2H3/b17-12+. The summed E-state index contributed by atoms with van der Waals surface area (Å²) in [5, 5.41) is 0. The SMILES string of the molecule is CCOC(=O)COc1ccc(/C=C2/N=C(c3ccccc3)OC2=O)cc1OCC. The normalized spacial score (nSPS) is 14.3. The van der Waals surface area contributed by atoms with Crippen molar-refractivity contribution in [3.05, 3.63) is 65.4 Å². The molecule has 3 rings (SSSR count). The Morgan fingerprint density at radius 3 is 2.55 bits per heavy atom. The third-order valence-corrected chi connectivity index (χ3v) is 3.86. The summed E-state index contributed by atoms with van der Waals surface area (Å²) in [6, 6.07) is 14.3. The largest absolute Gasteiger partial charge is 0.490 e. The molecule has 1 heterocycles. The first-order valence-corrected chi connectivity index (χ1v) is 9.24. The predicted octanol–water partition coefficient (Wildman–Crippen LogP) is 3.37. The number of carbonyl (C=O) groups excluding carboxylic acids is 2. The average molecular weight is 395 g/mol. The van der Waals surface area contributed by atoms with Gasteiger partial charge in [-0.1, -0.05) is 24.3 Å². The highest BCUT2D eigenvalue weighted by atomic mass is 16.6. The minimum atomic E-state index is -0.524. The van der Waals surface area contributed by atoms with Gasteiger partial charge in [0.25, 0.3) is 0 Å². The van der Waals surface area contributed by atoms with Gasteiger partial charge in [0.15, 0.2) is 23.8 Å². The molecule has 150 valence electrons. The zero-order chi connectivity index (χ0) is 20.6. The summed E-state index contributed by atoms with van der Waals surface area (Å²) in [5.41, 5.74) is 1.59. The van der Waals surface area contributed by atoms with Crippen molar-refractivity contribution in [2.24, 2.45) is 4.99 Å². The summed E-state index contributed by atoms with van der Waals surface area (Å²) in [5.74, 6) is 0.137. The molecule has 0 bridgehead atoms. The fourth-order valence-corrected chi connectivity index (χ4v) is 2.61. The van der Waals surface area contributed by atoms with E-state index < -0.39 is 11.9 Å². The molecule has 0 aliphatic carbocycles. The van der Waals surface area contributed by atoms with Crippen molar-refractivity contribution in [2.75, 3.05) is 19.8 Å². The monoisotopic (exact) mass is 395 g/mol. The summed E-state index contributed by atoms with van der Waals surface area (Å²) < 4.78 is 21.2. The van der Waals surface area contributed by atoms with Gasteiger partial charge in [0.05, 0.1) is 13.2 Å². The average Bonchev–Trinajstić information content (AvgIpc) is 3.09. The van der Waals surface area contributed by atoms with Crippen LogP contribution in [0.25, 0.3) is 6.08 Å². The predicted molar refractivity (Wildman–Crippen MR) is 107 cm³/mol. The number of esters is 2. The molecule has 1 aliphatic heterocycles. The highest BCUT2D eigenvalue weighted by Crippen LogP contribution is 2.30. The Bertz CT molecular complexity index is 949. The molecule has 1 aliphatic rings. The van der Waals surface area contributed by atoms with E-state index in [1.54, 1.807) is 31.2 Å². The van der Waals surface area contributed by atoms with Crippen LogP contribution in [0.15, 0.2) is 59.2 Å². The van der Waals surface area contributed by atoms with E-state index in [2.05, 4.69) is 4.99 Å². The van der Waals surface area contributed by atoms with E-state index in [1.807, 2.05) is 37.3 Å². The molecule has 7 heteroatoms. The second-order valence-corrected chi connectivity index (χ2v) is 5.93. The maximum atomic E-state index is 12.2. The quantitative estimate of drug-likeness (QED) is 0.503. The molecule has 0 spiro atoms. The van der Waals surface area contributed by atoms with E-state index >= 15 is 0 Å². The van der Waals surface area contributed by atoms with Crippen LogP contribution in [-0.2, 0) is 19.1 Å². The Morgan fingerprint density at radius 2 is 1.83 bits per heavy atom. The number of rotatable bonds is 8. The number of hydrogen-bond donors (Lipinski definition) is 0. The van der Waals surface area contributed by atoms with Crippen LogP contribution < -0.4 is 9.47 Å². The van der Waals surface area contributed by atoms with Gasteiger partial charge in [0.2, 0.25) is 5.90 Å². The molecule has 0 unspecified atom stereocenters. The van der Waals surface area contributed by atoms with Crippen molar-refractivity contribution in [1.29, 1.82) is 0 Å². The van der Waals surface area contributed by atoms with Gasteiger partial charge in [-0.25, -0.2) is 14.6 Å². The highest BCUT2D eigenvalue weighted by molar-refractivity contribution is 6.12. The number of nitrogens with zero attached hydrogens (tertiary/aromatic N) is 1. The molecule has 0 saturated heterocycles. The zero-order valence-electron chi connectivity index (χ0n) is 16.2. The molecule has 2 aromatic carbocycles. The van der Waals surface area contributed by atoms with Crippen LogP contribution in [-0.4, -0.2) is 37.7 Å². The number of carbonyl (C=O) groups is 2. The summed E-state index contributed by atoms with van der Waals surface area (Å²) in [6.45, 7) is 4.05. The molecule has 0 atom stereocenters. The third-order valence-electron chi connectivity index (χ3n) is 3.86. The Kier molecular flexibility index (Phi) is 6.63. The lowest BCUT2D eigenvalue weighted by Crippen LogP contribution is -2.15. The molecular formula is C22H21NO6. The minimum absolute atomic E-state index is 0.187. The van der Waals surface area contributed by atoms with E-state index in [4.69, 9.17) is 18.9 Å². The smallest absolute Gasteiger partial charge is 0.363 e. The molecule has 0 fully saturated rings. The molecule has 29 heavy (non-hydrogen) atoms. The molecular weight excluding hydrogens is 374 g/mol. The van der Waals surface area contributed by atoms with Gasteiger partial charge >= 0.3 is 11.9 Å². The maximum absolute atomic E-state index is 12.2. The van der Waals surface area contributed by atoms with E-state index in [0.717, 1.165) is 5.56 Å². The van der Waals surface area contributed by atoms with E-state index in [1.165, 1.54) is 0 Å². The van der Waals surface area contributed by atoms with E-state index in [9.17, 15) is 9.59 Å². The van der Waals surface area contributed by atoms with Crippen LogP contribution >= 0.6 is 0 Å².